The molecule has 0 saturated carbocycles. The standard InChI is InChI=1S/C20H28N4O2.ClH/c1-3-12-23(17-10-11-21-14-17)20(25)19-18(26-13-4-2)15-24(22-19)16-8-6-5-7-9-16;/h5-9,15,17,21H,3-4,10-14H2,1-2H3;1H. The predicted molar refractivity (Wildman–Crippen MR) is 109 cm³/mol. The highest BCUT2D eigenvalue weighted by Crippen LogP contribution is 2.24. The van der Waals surface area contributed by atoms with Gasteiger partial charge in [-0.25, -0.2) is 4.68 Å². The van der Waals surface area contributed by atoms with Crippen LogP contribution < -0.4 is 10.1 Å². The molecular weight excluding hydrogens is 364 g/mol. The van der Waals surface area contributed by atoms with Gasteiger partial charge in [0, 0.05) is 19.1 Å². The second-order valence-electron chi connectivity index (χ2n) is 6.62. The van der Waals surface area contributed by atoms with Crippen molar-refractivity contribution in [1.29, 1.82) is 0 Å². The van der Waals surface area contributed by atoms with Crippen LogP contribution in [-0.2, 0) is 0 Å². The Labute approximate surface area is 167 Å². The summed E-state index contributed by atoms with van der Waals surface area (Å²) in [5.41, 5.74) is 1.32. The molecule has 2 aromatic rings. The average Bonchev–Trinajstić information content (AvgIpc) is 3.34. The summed E-state index contributed by atoms with van der Waals surface area (Å²) in [6.45, 7) is 7.25. The molecule has 1 atom stereocenters. The van der Waals surface area contributed by atoms with Crippen molar-refractivity contribution in [2.75, 3.05) is 26.2 Å². The molecule has 6 nitrogen and oxygen atoms in total. The summed E-state index contributed by atoms with van der Waals surface area (Å²) in [7, 11) is 0. The Morgan fingerprint density at radius 3 is 2.70 bits per heavy atom. The monoisotopic (exact) mass is 392 g/mol. The van der Waals surface area contributed by atoms with Gasteiger partial charge in [-0.05, 0) is 37.9 Å². The fourth-order valence-electron chi connectivity index (χ4n) is 3.27. The molecule has 1 unspecified atom stereocenters. The van der Waals surface area contributed by atoms with Gasteiger partial charge in [0.2, 0.25) is 0 Å². The van der Waals surface area contributed by atoms with Crippen molar-refractivity contribution >= 4 is 18.3 Å². The summed E-state index contributed by atoms with van der Waals surface area (Å²) in [4.78, 5) is 15.2. The maximum Gasteiger partial charge on any atom is 0.278 e. The third-order valence-corrected chi connectivity index (χ3v) is 4.57. The molecule has 1 aromatic heterocycles. The number of nitrogens with zero attached hydrogens (tertiary/aromatic N) is 3. The SMILES string of the molecule is CCCOc1cn(-c2ccccc2)nc1C(=O)N(CCC)C1CCNC1.Cl. The summed E-state index contributed by atoms with van der Waals surface area (Å²) in [5.74, 6) is 0.522. The Bertz CT molecular complexity index is 714. The summed E-state index contributed by atoms with van der Waals surface area (Å²) in [6.07, 6.45) is 4.60. The summed E-state index contributed by atoms with van der Waals surface area (Å²) < 4.78 is 7.59. The van der Waals surface area contributed by atoms with Gasteiger partial charge in [0.05, 0.1) is 18.5 Å². The van der Waals surface area contributed by atoms with Crippen LogP contribution in [0.4, 0.5) is 0 Å². The number of hydrogen-bond donors (Lipinski definition) is 1. The predicted octanol–water partition coefficient (Wildman–Crippen LogP) is 3.30. The molecule has 1 aliphatic rings. The maximum atomic E-state index is 13.3. The highest BCUT2D eigenvalue weighted by atomic mass is 35.5. The number of amides is 1. The van der Waals surface area contributed by atoms with Crippen molar-refractivity contribution in [3.8, 4) is 11.4 Å². The molecule has 1 aromatic carbocycles. The van der Waals surface area contributed by atoms with Crippen LogP contribution >= 0.6 is 12.4 Å². The fraction of sp³-hybridized carbons (Fsp3) is 0.500. The zero-order valence-corrected chi connectivity index (χ0v) is 16.9. The molecule has 2 heterocycles. The zero-order chi connectivity index (χ0) is 18.4. The van der Waals surface area contributed by atoms with Gasteiger partial charge in [-0.1, -0.05) is 32.0 Å². The van der Waals surface area contributed by atoms with E-state index in [0.29, 0.717) is 18.1 Å². The van der Waals surface area contributed by atoms with Gasteiger partial charge in [0.15, 0.2) is 11.4 Å². The fourth-order valence-corrected chi connectivity index (χ4v) is 3.27. The first kappa shape index (κ1) is 21.3. The highest BCUT2D eigenvalue weighted by Gasteiger charge is 2.30. The summed E-state index contributed by atoms with van der Waals surface area (Å²) in [5, 5.41) is 7.93. The number of benzene rings is 1. The van der Waals surface area contributed by atoms with Crippen LogP contribution in [0.1, 0.15) is 43.6 Å². The van der Waals surface area contributed by atoms with E-state index in [2.05, 4.69) is 24.3 Å². The molecule has 7 heteroatoms. The molecule has 27 heavy (non-hydrogen) atoms. The largest absolute Gasteiger partial charge is 0.489 e. The number of hydrogen-bond acceptors (Lipinski definition) is 4. The zero-order valence-electron chi connectivity index (χ0n) is 16.1. The van der Waals surface area contributed by atoms with Crippen molar-refractivity contribution in [2.45, 2.75) is 39.2 Å². The first-order valence-electron chi connectivity index (χ1n) is 9.54. The van der Waals surface area contributed by atoms with E-state index in [1.165, 1.54) is 0 Å². The number of para-hydroxylation sites is 1. The molecule has 0 radical (unpaired) electrons. The minimum Gasteiger partial charge on any atom is -0.489 e. The normalized spacial score (nSPS) is 16.0. The van der Waals surface area contributed by atoms with Gasteiger partial charge in [-0.3, -0.25) is 4.79 Å². The van der Waals surface area contributed by atoms with E-state index >= 15 is 0 Å². The smallest absolute Gasteiger partial charge is 0.278 e. The first-order valence-corrected chi connectivity index (χ1v) is 9.54. The van der Waals surface area contributed by atoms with Crippen molar-refractivity contribution < 1.29 is 9.53 Å². The van der Waals surface area contributed by atoms with Gasteiger partial charge in [-0.2, -0.15) is 5.10 Å². The Hall–Kier alpha value is -2.05. The minimum absolute atomic E-state index is 0. The number of ether oxygens (including phenoxy) is 1. The van der Waals surface area contributed by atoms with Gasteiger partial charge >= 0.3 is 0 Å². The van der Waals surface area contributed by atoms with Crippen molar-refractivity contribution in [2.24, 2.45) is 0 Å². The maximum absolute atomic E-state index is 13.3. The van der Waals surface area contributed by atoms with Crippen LogP contribution in [0.25, 0.3) is 5.69 Å². The number of halogens is 1. The molecule has 1 amide bonds. The summed E-state index contributed by atoms with van der Waals surface area (Å²) in [6, 6.07) is 10.0. The molecule has 0 aliphatic carbocycles. The number of rotatable bonds is 8. The summed E-state index contributed by atoms with van der Waals surface area (Å²) >= 11 is 0. The van der Waals surface area contributed by atoms with Crippen molar-refractivity contribution in [3.05, 3.63) is 42.2 Å². The van der Waals surface area contributed by atoms with Gasteiger partial charge in [0.25, 0.3) is 5.91 Å². The lowest BCUT2D eigenvalue weighted by Gasteiger charge is -2.27. The minimum atomic E-state index is -0.0404. The second-order valence-corrected chi connectivity index (χ2v) is 6.62. The van der Waals surface area contributed by atoms with Crippen LogP contribution in [-0.4, -0.2) is 52.9 Å². The molecule has 1 aliphatic heterocycles. The van der Waals surface area contributed by atoms with Crippen LogP contribution in [0.15, 0.2) is 36.5 Å². The number of aromatic nitrogens is 2. The van der Waals surface area contributed by atoms with E-state index in [9.17, 15) is 4.79 Å². The topological polar surface area (TPSA) is 59.4 Å². The van der Waals surface area contributed by atoms with Gasteiger partial charge in [0.1, 0.15) is 0 Å². The van der Waals surface area contributed by atoms with E-state index in [4.69, 9.17) is 4.74 Å². The van der Waals surface area contributed by atoms with E-state index in [1.807, 2.05) is 41.4 Å². The quantitative estimate of drug-likeness (QED) is 0.748. The first-order chi connectivity index (χ1) is 12.7. The molecule has 148 valence electrons. The van der Waals surface area contributed by atoms with Crippen LogP contribution in [0.2, 0.25) is 0 Å². The molecule has 1 saturated heterocycles. The van der Waals surface area contributed by atoms with Crippen molar-refractivity contribution in [3.63, 3.8) is 0 Å². The van der Waals surface area contributed by atoms with E-state index in [0.717, 1.165) is 44.6 Å². The highest BCUT2D eigenvalue weighted by molar-refractivity contribution is 5.95. The van der Waals surface area contributed by atoms with E-state index in [-0.39, 0.29) is 24.4 Å². The number of carbonyl (C=O) groups excluding carboxylic acids is 1. The Kier molecular flexibility index (Phi) is 8.13. The molecule has 1 fully saturated rings. The average molecular weight is 393 g/mol. The number of carbonyl (C=O) groups is 1. The second kappa shape index (κ2) is 10.3. The van der Waals surface area contributed by atoms with Crippen LogP contribution in [0.3, 0.4) is 0 Å². The number of nitrogens with one attached hydrogen (secondary N) is 1. The van der Waals surface area contributed by atoms with Crippen LogP contribution in [0, 0.1) is 0 Å². The Balaban J connectivity index is 0.00000261. The molecule has 0 spiro atoms. The van der Waals surface area contributed by atoms with Gasteiger partial charge < -0.3 is 15.0 Å². The lowest BCUT2D eigenvalue weighted by Crippen LogP contribution is -2.42. The third kappa shape index (κ3) is 5.02. The molecule has 1 N–H and O–H groups in total. The van der Waals surface area contributed by atoms with Crippen LogP contribution in [0.5, 0.6) is 5.75 Å². The Morgan fingerprint density at radius 2 is 2.07 bits per heavy atom. The molecule has 3 rings (SSSR count). The lowest BCUT2D eigenvalue weighted by atomic mass is 10.2. The lowest BCUT2D eigenvalue weighted by molar-refractivity contribution is 0.0681. The van der Waals surface area contributed by atoms with Gasteiger partial charge in [-0.15, -0.1) is 12.4 Å². The van der Waals surface area contributed by atoms with E-state index in [1.54, 1.807) is 4.68 Å². The van der Waals surface area contributed by atoms with E-state index < -0.39 is 0 Å². The Morgan fingerprint density at radius 1 is 1.30 bits per heavy atom. The molecule has 0 bridgehead atoms. The van der Waals surface area contributed by atoms with Crippen molar-refractivity contribution in [1.82, 2.24) is 20.0 Å². The molecular formula is C20H29ClN4O2. The third-order valence-electron chi connectivity index (χ3n) is 4.57.